The van der Waals surface area contributed by atoms with Crippen LogP contribution in [0.3, 0.4) is 0 Å². The van der Waals surface area contributed by atoms with Gasteiger partial charge in [0, 0.05) is 12.7 Å². The summed E-state index contributed by atoms with van der Waals surface area (Å²) in [5.41, 5.74) is 0.735. The fourth-order valence-corrected chi connectivity index (χ4v) is 3.19. The second-order valence-electron chi connectivity index (χ2n) is 7.20. The topological polar surface area (TPSA) is 81.7 Å². The lowest BCUT2D eigenvalue weighted by atomic mass is 10.1. The van der Waals surface area contributed by atoms with Crippen molar-refractivity contribution in [3.8, 4) is 11.5 Å². The highest BCUT2D eigenvalue weighted by molar-refractivity contribution is 5.60. The molecule has 1 aromatic carbocycles. The van der Waals surface area contributed by atoms with E-state index in [4.69, 9.17) is 28.4 Å². The van der Waals surface area contributed by atoms with Gasteiger partial charge in [0.2, 0.25) is 0 Å². The summed E-state index contributed by atoms with van der Waals surface area (Å²) < 4.78 is 37.5. The summed E-state index contributed by atoms with van der Waals surface area (Å²) >= 11 is 0. The smallest absolute Gasteiger partial charge is 0.493 e. The van der Waals surface area contributed by atoms with E-state index in [2.05, 4.69) is 4.74 Å². The Morgan fingerprint density at radius 1 is 1.10 bits per heavy atom. The molecule has 0 heterocycles. The van der Waals surface area contributed by atoms with Gasteiger partial charge in [-0.25, -0.2) is 4.79 Å². The minimum atomic E-state index is -0.778. The molecule has 8 heteroatoms. The van der Waals surface area contributed by atoms with Gasteiger partial charge in [0.1, 0.15) is 12.9 Å². The first kappa shape index (κ1) is 25.0. The molecule has 0 bridgehead atoms. The average Bonchev–Trinajstić information content (AvgIpc) is 3.29. The highest BCUT2D eigenvalue weighted by Crippen LogP contribution is 2.35. The molecule has 0 amide bonds. The van der Waals surface area contributed by atoms with Gasteiger partial charge < -0.3 is 33.2 Å². The predicted molar refractivity (Wildman–Crippen MR) is 114 cm³/mol. The molecule has 0 N–H and O–H groups in total. The summed E-state index contributed by atoms with van der Waals surface area (Å²) in [5.74, 6) is 1.27. The van der Waals surface area contributed by atoms with Gasteiger partial charge in [0.05, 0.1) is 39.6 Å². The van der Waals surface area contributed by atoms with Crippen LogP contribution in [0.1, 0.15) is 44.3 Å². The Hall–Kier alpha value is -2.29. The number of benzene rings is 1. The maximum Gasteiger partial charge on any atom is 0.508 e. The van der Waals surface area contributed by atoms with E-state index in [0.29, 0.717) is 24.7 Å². The molecule has 2 atom stereocenters. The third-order valence-electron chi connectivity index (χ3n) is 4.90. The molecule has 0 aromatic heterocycles. The van der Waals surface area contributed by atoms with Crippen LogP contribution in [0, 0.1) is 0 Å². The van der Waals surface area contributed by atoms with Crippen LogP contribution in [0.15, 0.2) is 30.4 Å². The van der Waals surface area contributed by atoms with Crippen LogP contribution < -0.4 is 9.47 Å². The molecule has 0 saturated heterocycles. The molecule has 2 rings (SSSR count). The normalized spacial score (nSPS) is 16.3. The number of carbonyl (C=O) groups excluding carboxylic acids is 1. The maximum atomic E-state index is 11.8. The molecular formula is C23H34O8. The Balaban J connectivity index is 2.09. The summed E-state index contributed by atoms with van der Waals surface area (Å²) in [5, 5.41) is 0. The molecule has 1 aliphatic carbocycles. The van der Waals surface area contributed by atoms with Crippen LogP contribution >= 0.6 is 0 Å². The zero-order chi connectivity index (χ0) is 22.5. The Bertz CT molecular complexity index is 684. The molecule has 0 radical (unpaired) electrons. The molecule has 0 unspecified atom stereocenters. The van der Waals surface area contributed by atoms with Crippen LogP contribution in [0.4, 0.5) is 4.79 Å². The van der Waals surface area contributed by atoms with E-state index in [1.54, 1.807) is 26.4 Å². The molecule has 0 spiro atoms. The van der Waals surface area contributed by atoms with Gasteiger partial charge in [-0.3, -0.25) is 0 Å². The molecular weight excluding hydrogens is 404 g/mol. The maximum absolute atomic E-state index is 11.8. The summed E-state index contributed by atoms with van der Waals surface area (Å²) in [4.78, 5) is 11.8. The van der Waals surface area contributed by atoms with Crippen molar-refractivity contribution in [1.82, 2.24) is 0 Å². The van der Waals surface area contributed by atoms with E-state index in [0.717, 1.165) is 31.2 Å². The van der Waals surface area contributed by atoms with E-state index in [9.17, 15) is 4.79 Å². The summed E-state index contributed by atoms with van der Waals surface area (Å²) in [6.45, 7) is 2.97. The van der Waals surface area contributed by atoms with Crippen molar-refractivity contribution >= 4 is 6.16 Å². The van der Waals surface area contributed by atoms with Crippen LogP contribution in [0.2, 0.25) is 0 Å². The first-order valence-corrected chi connectivity index (χ1v) is 10.5. The van der Waals surface area contributed by atoms with Crippen molar-refractivity contribution in [2.24, 2.45) is 0 Å². The SMILES string of the molecule is COCCOCO[C@@H](C)/C=C\[C@@H](OC(=O)OC)c1ccc(OC)c(OC2CCCC2)c1. The molecule has 31 heavy (non-hydrogen) atoms. The van der Waals surface area contributed by atoms with Crippen LogP contribution in [0.25, 0.3) is 0 Å². The van der Waals surface area contributed by atoms with Crippen molar-refractivity contribution < 1.29 is 38.0 Å². The Labute approximate surface area is 184 Å². The second-order valence-corrected chi connectivity index (χ2v) is 7.20. The van der Waals surface area contributed by atoms with Crippen molar-refractivity contribution in [3.63, 3.8) is 0 Å². The predicted octanol–water partition coefficient (Wildman–Crippen LogP) is 4.42. The Morgan fingerprint density at radius 3 is 2.55 bits per heavy atom. The number of hydrogen-bond acceptors (Lipinski definition) is 8. The lowest BCUT2D eigenvalue weighted by molar-refractivity contribution is -0.0805. The van der Waals surface area contributed by atoms with Crippen LogP contribution in [-0.4, -0.2) is 59.7 Å². The Kier molecular flexibility index (Phi) is 11.2. The zero-order valence-corrected chi connectivity index (χ0v) is 18.8. The number of methoxy groups -OCH3 is 3. The standard InChI is InChI=1S/C23H34O8/c1-17(29-16-28-14-13-25-2)9-11-20(31-23(24)27-4)18-10-12-21(26-3)22(15-18)30-19-7-5-6-8-19/h9-12,15,17,19-20H,5-8,13-14,16H2,1-4H3/b11-9-/t17-,20+/m0/s1. The Morgan fingerprint density at radius 2 is 1.87 bits per heavy atom. The van der Waals surface area contributed by atoms with Gasteiger partial charge in [-0.15, -0.1) is 0 Å². The van der Waals surface area contributed by atoms with Gasteiger partial charge in [0.15, 0.2) is 11.5 Å². The molecule has 1 fully saturated rings. The van der Waals surface area contributed by atoms with Gasteiger partial charge in [-0.2, -0.15) is 0 Å². The highest BCUT2D eigenvalue weighted by Gasteiger charge is 2.21. The largest absolute Gasteiger partial charge is 0.508 e. The summed E-state index contributed by atoms with van der Waals surface area (Å²) in [6, 6.07) is 5.48. The lowest BCUT2D eigenvalue weighted by Crippen LogP contribution is -2.14. The first-order chi connectivity index (χ1) is 15.1. The molecule has 0 aliphatic heterocycles. The van der Waals surface area contributed by atoms with E-state index < -0.39 is 12.3 Å². The second kappa shape index (κ2) is 13.9. The fourth-order valence-electron chi connectivity index (χ4n) is 3.19. The van der Waals surface area contributed by atoms with Crippen LogP contribution in [-0.2, 0) is 23.7 Å². The molecule has 1 aromatic rings. The van der Waals surface area contributed by atoms with Gasteiger partial charge in [-0.05, 0) is 50.8 Å². The lowest BCUT2D eigenvalue weighted by Gasteiger charge is -2.19. The summed E-state index contributed by atoms with van der Waals surface area (Å²) in [7, 11) is 4.49. The van der Waals surface area contributed by atoms with Gasteiger partial charge >= 0.3 is 6.16 Å². The van der Waals surface area contributed by atoms with Crippen LogP contribution in [0.5, 0.6) is 11.5 Å². The van der Waals surface area contributed by atoms with E-state index in [-0.39, 0.29) is 19.0 Å². The van der Waals surface area contributed by atoms with E-state index in [1.807, 2.05) is 25.1 Å². The monoisotopic (exact) mass is 438 g/mol. The van der Waals surface area contributed by atoms with E-state index >= 15 is 0 Å². The third-order valence-corrected chi connectivity index (χ3v) is 4.90. The number of ether oxygens (including phenoxy) is 7. The third kappa shape index (κ3) is 8.77. The van der Waals surface area contributed by atoms with Crippen molar-refractivity contribution in [2.75, 3.05) is 41.3 Å². The highest BCUT2D eigenvalue weighted by atomic mass is 16.7. The minimum Gasteiger partial charge on any atom is -0.493 e. The van der Waals surface area contributed by atoms with Gasteiger partial charge in [0.25, 0.3) is 0 Å². The molecule has 1 saturated carbocycles. The molecule has 1 aliphatic rings. The zero-order valence-electron chi connectivity index (χ0n) is 18.8. The quantitative estimate of drug-likeness (QED) is 0.194. The number of hydrogen-bond donors (Lipinski definition) is 0. The molecule has 174 valence electrons. The van der Waals surface area contributed by atoms with E-state index in [1.165, 1.54) is 7.11 Å². The van der Waals surface area contributed by atoms with Crippen molar-refractivity contribution in [2.45, 2.75) is 50.9 Å². The number of carbonyl (C=O) groups is 1. The average molecular weight is 439 g/mol. The minimum absolute atomic E-state index is 0.138. The molecule has 8 nitrogen and oxygen atoms in total. The van der Waals surface area contributed by atoms with Gasteiger partial charge in [-0.1, -0.05) is 12.1 Å². The fraction of sp³-hybridized carbons (Fsp3) is 0.609. The van der Waals surface area contributed by atoms with Crippen molar-refractivity contribution in [3.05, 3.63) is 35.9 Å². The first-order valence-electron chi connectivity index (χ1n) is 10.5. The number of rotatable bonds is 13. The summed E-state index contributed by atoms with van der Waals surface area (Å²) in [6.07, 6.45) is 6.39. The van der Waals surface area contributed by atoms with Crippen molar-refractivity contribution in [1.29, 1.82) is 0 Å².